The van der Waals surface area contributed by atoms with Crippen molar-refractivity contribution in [1.82, 2.24) is 19.6 Å². The first-order valence-electron chi connectivity index (χ1n) is 14.1. The molecule has 1 fully saturated rings. The third-order valence-electron chi connectivity index (χ3n) is 5.41. The number of aryl methyl sites for hydroxylation is 1. The summed E-state index contributed by atoms with van der Waals surface area (Å²) in [7, 11) is -3.71. The lowest BCUT2D eigenvalue weighted by Gasteiger charge is -2.20. The molecule has 0 saturated carbocycles. The third kappa shape index (κ3) is 7.88. The minimum absolute atomic E-state index is 0.127. The van der Waals surface area contributed by atoms with Gasteiger partial charge in [-0.15, -0.1) is 0 Å². The molecule has 2 heterocycles. The zero-order valence-electron chi connectivity index (χ0n) is 25.5. The van der Waals surface area contributed by atoms with Crippen molar-refractivity contribution in [2.24, 2.45) is 0 Å². The molecule has 0 atom stereocenters. The van der Waals surface area contributed by atoms with Crippen LogP contribution in [0.25, 0.3) is 0 Å². The molecule has 1 saturated heterocycles. The molecule has 0 bridgehead atoms. The van der Waals surface area contributed by atoms with Crippen molar-refractivity contribution in [3.05, 3.63) is 60.3 Å². The number of nitrogens with one attached hydrogen (secondary N) is 3. The van der Waals surface area contributed by atoms with Gasteiger partial charge in [0.15, 0.2) is 0 Å². The SMILES string of the molecule is [2H]C([2H])(Oc1ccc(Nc2ncc(C)c(Nc3cccc(S(=O)(=O)NC(C)(C)C)c3)n2)cc1)C([2H])([2H])N1CCCC1. The van der Waals surface area contributed by atoms with E-state index < -0.39 is 28.6 Å². The fourth-order valence-electron chi connectivity index (χ4n) is 3.68. The molecule has 0 unspecified atom stereocenters. The second-order valence-electron chi connectivity index (χ2n) is 9.89. The van der Waals surface area contributed by atoms with Gasteiger partial charge in [0.2, 0.25) is 16.0 Å². The lowest BCUT2D eigenvalue weighted by Crippen LogP contribution is -2.40. The fourth-order valence-corrected chi connectivity index (χ4v) is 5.14. The predicted octanol–water partition coefficient (Wildman–Crippen LogP) is 4.82. The first-order valence-corrected chi connectivity index (χ1v) is 13.6. The Morgan fingerprint density at radius 1 is 1.05 bits per heavy atom. The molecule has 37 heavy (non-hydrogen) atoms. The van der Waals surface area contributed by atoms with E-state index in [-0.39, 0.29) is 16.6 Å². The summed E-state index contributed by atoms with van der Waals surface area (Å²) >= 11 is 0. The second-order valence-corrected chi connectivity index (χ2v) is 11.6. The van der Waals surface area contributed by atoms with Crippen LogP contribution in [0, 0.1) is 6.92 Å². The van der Waals surface area contributed by atoms with Crippen LogP contribution in [0.5, 0.6) is 5.75 Å². The lowest BCUT2D eigenvalue weighted by atomic mass is 10.1. The maximum atomic E-state index is 12.8. The summed E-state index contributed by atoms with van der Waals surface area (Å²) in [6.45, 7) is 3.32. The number of anilines is 4. The van der Waals surface area contributed by atoms with Gasteiger partial charge in [0.25, 0.3) is 0 Å². The standard InChI is InChI=1S/C27H36N6O3S/c1-20-19-28-26(30-21-10-12-23(13-11-21)36-17-16-33-14-5-6-15-33)31-25(20)29-22-8-7-9-24(18-22)37(34,35)32-27(2,3)4/h7-13,18-19,32H,5-6,14-17H2,1-4H3,(H2,28,29,30,31)/i16D2,17D2. The lowest BCUT2D eigenvalue weighted by molar-refractivity contribution is 0.238. The van der Waals surface area contributed by atoms with Gasteiger partial charge in [-0.3, -0.25) is 4.90 Å². The summed E-state index contributed by atoms with van der Waals surface area (Å²) in [4.78, 5) is 10.4. The van der Waals surface area contributed by atoms with E-state index in [1.54, 1.807) is 63.4 Å². The van der Waals surface area contributed by atoms with Gasteiger partial charge in [0.05, 0.1) is 7.64 Å². The van der Waals surface area contributed by atoms with Crippen LogP contribution in [0.2, 0.25) is 0 Å². The highest BCUT2D eigenvalue weighted by molar-refractivity contribution is 7.89. The topological polar surface area (TPSA) is 108 Å². The van der Waals surface area contributed by atoms with E-state index in [9.17, 15) is 8.42 Å². The molecule has 198 valence electrons. The summed E-state index contributed by atoms with van der Waals surface area (Å²) in [5.74, 6) is 0.954. The monoisotopic (exact) mass is 528 g/mol. The Hall–Kier alpha value is -3.21. The van der Waals surface area contributed by atoms with Gasteiger partial charge in [-0.05, 0) is 96.1 Å². The van der Waals surface area contributed by atoms with Crippen LogP contribution in [0.4, 0.5) is 23.1 Å². The van der Waals surface area contributed by atoms with Crippen molar-refractivity contribution in [2.75, 3.05) is 36.8 Å². The molecule has 2 aromatic carbocycles. The molecule has 0 spiro atoms. The number of hydrogen-bond acceptors (Lipinski definition) is 8. The molecule has 3 N–H and O–H groups in total. The first kappa shape index (κ1) is 21.8. The molecule has 1 aliphatic rings. The summed E-state index contributed by atoms with van der Waals surface area (Å²) in [6, 6.07) is 12.9. The molecular formula is C27H36N6O3S. The molecule has 0 amide bonds. The molecule has 3 aromatic rings. The molecule has 0 aliphatic carbocycles. The predicted molar refractivity (Wildman–Crippen MR) is 147 cm³/mol. The van der Waals surface area contributed by atoms with Crippen molar-refractivity contribution < 1.29 is 18.6 Å². The van der Waals surface area contributed by atoms with E-state index in [0.29, 0.717) is 30.3 Å². The Kier molecular flexibility index (Phi) is 6.76. The second kappa shape index (κ2) is 11.5. The van der Waals surface area contributed by atoms with Crippen LogP contribution in [-0.2, 0) is 10.0 Å². The van der Waals surface area contributed by atoms with Crippen molar-refractivity contribution >= 4 is 33.2 Å². The normalized spacial score (nSPS) is 16.9. The Morgan fingerprint density at radius 3 is 2.49 bits per heavy atom. The Labute approximate surface area is 225 Å². The molecule has 10 heteroatoms. The van der Waals surface area contributed by atoms with E-state index >= 15 is 0 Å². The van der Waals surface area contributed by atoms with E-state index in [1.807, 2.05) is 6.92 Å². The Balaban J connectivity index is 1.45. The quantitative estimate of drug-likeness (QED) is 0.344. The van der Waals surface area contributed by atoms with Gasteiger partial charge in [0.1, 0.15) is 18.1 Å². The molecule has 9 nitrogen and oxygen atoms in total. The Bertz CT molecular complexity index is 1480. The van der Waals surface area contributed by atoms with Crippen LogP contribution in [-0.4, -0.2) is 55.0 Å². The van der Waals surface area contributed by atoms with Crippen molar-refractivity contribution in [3.63, 3.8) is 0 Å². The van der Waals surface area contributed by atoms with Crippen LogP contribution >= 0.6 is 0 Å². The minimum Gasteiger partial charge on any atom is -0.492 e. The van der Waals surface area contributed by atoms with Crippen LogP contribution in [0.1, 0.15) is 44.7 Å². The molecule has 1 aromatic heterocycles. The van der Waals surface area contributed by atoms with E-state index in [1.165, 1.54) is 17.0 Å². The fraction of sp³-hybridized carbons (Fsp3) is 0.407. The van der Waals surface area contributed by atoms with Crippen LogP contribution < -0.4 is 20.1 Å². The number of benzene rings is 2. The number of rotatable bonds is 10. The van der Waals surface area contributed by atoms with E-state index in [4.69, 9.17) is 10.2 Å². The van der Waals surface area contributed by atoms with Crippen molar-refractivity contribution in [3.8, 4) is 5.75 Å². The summed E-state index contributed by atoms with van der Waals surface area (Å²) in [5.41, 5.74) is 1.27. The largest absolute Gasteiger partial charge is 0.492 e. The highest BCUT2D eigenvalue weighted by Gasteiger charge is 2.22. The number of hydrogen-bond donors (Lipinski definition) is 3. The van der Waals surface area contributed by atoms with Crippen molar-refractivity contribution in [1.29, 1.82) is 0 Å². The number of aromatic nitrogens is 2. The van der Waals surface area contributed by atoms with Gasteiger partial charge in [-0.25, -0.2) is 18.1 Å². The van der Waals surface area contributed by atoms with Crippen LogP contribution in [0.3, 0.4) is 0 Å². The summed E-state index contributed by atoms with van der Waals surface area (Å²) < 4.78 is 66.7. The zero-order chi connectivity index (χ0) is 30.1. The molecule has 1 aliphatic heterocycles. The highest BCUT2D eigenvalue weighted by atomic mass is 32.2. The third-order valence-corrected chi connectivity index (χ3v) is 7.16. The van der Waals surface area contributed by atoms with Gasteiger partial charge in [-0.2, -0.15) is 4.98 Å². The van der Waals surface area contributed by atoms with Gasteiger partial charge < -0.3 is 15.4 Å². The van der Waals surface area contributed by atoms with E-state index in [2.05, 4.69) is 25.3 Å². The zero-order valence-corrected chi connectivity index (χ0v) is 22.3. The van der Waals surface area contributed by atoms with Gasteiger partial charge >= 0.3 is 0 Å². The Morgan fingerprint density at radius 2 is 1.78 bits per heavy atom. The van der Waals surface area contributed by atoms with Gasteiger partial charge in [-0.1, -0.05) is 6.07 Å². The first-order chi connectivity index (χ1) is 19.1. The summed E-state index contributed by atoms with van der Waals surface area (Å²) in [5, 5.41) is 6.25. The van der Waals surface area contributed by atoms with Crippen LogP contribution in [0.15, 0.2) is 59.6 Å². The maximum Gasteiger partial charge on any atom is 0.241 e. The van der Waals surface area contributed by atoms with Gasteiger partial charge in [0, 0.05) is 37.9 Å². The molecule has 0 radical (unpaired) electrons. The average Bonchev–Trinajstić information content (AvgIpc) is 3.42. The van der Waals surface area contributed by atoms with Crippen molar-refractivity contribution in [2.45, 2.75) is 51.0 Å². The highest BCUT2D eigenvalue weighted by Crippen LogP contribution is 2.24. The van der Waals surface area contributed by atoms with E-state index in [0.717, 1.165) is 18.4 Å². The molecule has 4 rings (SSSR count). The number of likely N-dealkylation sites (tertiary alicyclic amines) is 1. The number of nitrogens with zero attached hydrogens (tertiary/aromatic N) is 3. The number of sulfonamides is 1. The summed E-state index contributed by atoms with van der Waals surface area (Å²) in [6.07, 6.45) is 3.29. The smallest absolute Gasteiger partial charge is 0.241 e. The maximum absolute atomic E-state index is 12.8. The molecular weight excluding hydrogens is 488 g/mol. The average molecular weight is 529 g/mol. The minimum atomic E-state index is -3.71. The number of ether oxygens (including phenoxy) is 1.